The molecule has 27 heavy (non-hydrogen) atoms. The van der Waals surface area contributed by atoms with E-state index in [9.17, 15) is 22.0 Å². The normalized spacial score (nSPS) is 11.4. The minimum atomic E-state index is -4.16. The molecular weight excluding hydrogens is 444 g/mol. The van der Waals surface area contributed by atoms with E-state index >= 15 is 0 Å². The average molecular weight is 456 g/mol. The smallest absolute Gasteiger partial charge is 0.283 e. The maximum absolute atomic E-state index is 14.0. The first-order chi connectivity index (χ1) is 12.7. The highest BCUT2D eigenvalue weighted by molar-refractivity contribution is 9.10. The van der Waals surface area contributed by atoms with Crippen LogP contribution in [0.15, 0.2) is 58.0 Å². The Morgan fingerprint density at radius 1 is 1.11 bits per heavy atom. The molecule has 0 aliphatic rings. The van der Waals surface area contributed by atoms with Crippen LogP contribution in [0.1, 0.15) is 10.5 Å². The van der Waals surface area contributed by atoms with Crippen molar-refractivity contribution < 1.29 is 22.0 Å². The molecule has 2 aromatic carbocycles. The van der Waals surface area contributed by atoms with E-state index < -0.39 is 33.1 Å². The molecule has 0 spiro atoms. The summed E-state index contributed by atoms with van der Waals surface area (Å²) in [5.74, 6) is -2.83. The number of halogens is 3. The summed E-state index contributed by atoms with van der Waals surface area (Å²) < 4.78 is 56.1. The molecule has 1 heterocycles. The van der Waals surface area contributed by atoms with E-state index in [4.69, 9.17) is 0 Å². The first-order valence-corrected chi connectivity index (χ1v) is 9.78. The fourth-order valence-corrected chi connectivity index (χ4v) is 4.42. The summed E-state index contributed by atoms with van der Waals surface area (Å²) in [6, 6.07) is 9.29. The minimum absolute atomic E-state index is 0.124. The van der Waals surface area contributed by atoms with Gasteiger partial charge in [0.1, 0.15) is 28.0 Å². The Balaban J connectivity index is 1.96. The van der Waals surface area contributed by atoms with Crippen molar-refractivity contribution in [3.63, 3.8) is 0 Å². The van der Waals surface area contributed by atoms with Crippen LogP contribution in [0.4, 0.5) is 8.78 Å². The first kappa shape index (κ1) is 19.2. The monoisotopic (exact) mass is 455 g/mol. The average Bonchev–Trinajstić information content (AvgIpc) is 2.96. The molecule has 140 valence electrons. The summed E-state index contributed by atoms with van der Waals surface area (Å²) >= 11 is 3.11. The molecular formula is C17H12BrF2N3O3S. The molecule has 1 amide bonds. The molecule has 0 saturated heterocycles. The number of carbonyl (C=O) groups excluding carboxylic acids is 1. The Kier molecular flexibility index (Phi) is 5.11. The van der Waals surface area contributed by atoms with Crippen molar-refractivity contribution in [2.45, 2.75) is 4.90 Å². The SMILES string of the molecule is Cn1c(C(=O)NS(=O)(=O)c2ccccc2Br)cnc1-c1c(F)cccc1F. The molecule has 0 saturated carbocycles. The molecule has 1 N–H and O–H groups in total. The van der Waals surface area contributed by atoms with Gasteiger partial charge in [0.05, 0.1) is 11.8 Å². The molecule has 0 fully saturated rings. The van der Waals surface area contributed by atoms with Crippen LogP contribution >= 0.6 is 15.9 Å². The number of rotatable bonds is 4. The number of nitrogens with one attached hydrogen (secondary N) is 1. The summed E-state index contributed by atoms with van der Waals surface area (Å²) in [5, 5.41) is 0. The number of sulfonamides is 1. The number of nitrogens with zero attached hydrogens (tertiary/aromatic N) is 2. The summed E-state index contributed by atoms with van der Waals surface area (Å²) in [7, 11) is -2.81. The number of aromatic nitrogens is 2. The second-order valence-electron chi connectivity index (χ2n) is 5.49. The van der Waals surface area contributed by atoms with Crippen LogP contribution in [0.3, 0.4) is 0 Å². The number of carbonyl (C=O) groups is 1. The molecule has 3 rings (SSSR count). The van der Waals surface area contributed by atoms with Gasteiger partial charge >= 0.3 is 0 Å². The Hall–Kier alpha value is -2.59. The third kappa shape index (κ3) is 3.62. The van der Waals surface area contributed by atoms with E-state index in [1.807, 2.05) is 4.72 Å². The summed E-state index contributed by atoms with van der Waals surface area (Å²) in [6.07, 6.45) is 1.05. The van der Waals surface area contributed by atoms with Crippen LogP contribution in [-0.4, -0.2) is 23.9 Å². The number of amides is 1. The van der Waals surface area contributed by atoms with Crippen LogP contribution in [0.2, 0.25) is 0 Å². The molecule has 0 aliphatic carbocycles. The Bertz CT molecular complexity index is 1130. The van der Waals surface area contributed by atoms with E-state index in [0.29, 0.717) is 0 Å². The highest BCUT2D eigenvalue weighted by Gasteiger charge is 2.25. The lowest BCUT2D eigenvalue weighted by Crippen LogP contribution is -2.32. The summed E-state index contributed by atoms with van der Waals surface area (Å²) in [5.41, 5.74) is -0.587. The summed E-state index contributed by atoms with van der Waals surface area (Å²) in [4.78, 5) is 16.2. The van der Waals surface area contributed by atoms with Crippen LogP contribution in [-0.2, 0) is 17.1 Å². The Morgan fingerprint density at radius 3 is 2.37 bits per heavy atom. The van der Waals surface area contributed by atoms with Crippen molar-refractivity contribution in [1.82, 2.24) is 14.3 Å². The molecule has 0 radical (unpaired) electrons. The standard InChI is InChI=1S/C17H12BrF2N3O3S/c1-23-13(9-21-16(23)15-11(19)6-4-7-12(15)20)17(24)22-27(25,26)14-8-3-2-5-10(14)18/h2-9H,1H3,(H,22,24). The van der Waals surface area contributed by atoms with Gasteiger partial charge in [-0.1, -0.05) is 18.2 Å². The van der Waals surface area contributed by atoms with Crippen LogP contribution < -0.4 is 4.72 Å². The quantitative estimate of drug-likeness (QED) is 0.654. The minimum Gasteiger partial charge on any atom is -0.323 e. The van der Waals surface area contributed by atoms with Crippen molar-refractivity contribution in [3.8, 4) is 11.4 Å². The Morgan fingerprint density at radius 2 is 1.74 bits per heavy atom. The molecule has 3 aromatic rings. The number of imidazole rings is 1. The summed E-state index contributed by atoms with van der Waals surface area (Å²) in [6.45, 7) is 0. The molecule has 0 atom stereocenters. The lowest BCUT2D eigenvalue weighted by molar-refractivity contribution is 0.0973. The molecule has 0 bridgehead atoms. The van der Waals surface area contributed by atoms with Gasteiger partial charge in [-0.05, 0) is 40.2 Å². The molecule has 1 aromatic heterocycles. The van der Waals surface area contributed by atoms with Gasteiger partial charge in [-0.25, -0.2) is 26.9 Å². The zero-order valence-corrected chi connectivity index (χ0v) is 16.2. The first-order valence-electron chi connectivity index (χ1n) is 7.50. The van der Waals surface area contributed by atoms with E-state index in [2.05, 4.69) is 20.9 Å². The molecule has 6 nitrogen and oxygen atoms in total. The third-order valence-corrected chi connectivity index (χ3v) is 6.10. The maximum Gasteiger partial charge on any atom is 0.283 e. The number of hydrogen-bond donors (Lipinski definition) is 1. The van der Waals surface area contributed by atoms with Crippen molar-refractivity contribution in [2.75, 3.05) is 0 Å². The van der Waals surface area contributed by atoms with Gasteiger partial charge < -0.3 is 4.57 Å². The van der Waals surface area contributed by atoms with E-state index in [0.717, 1.165) is 22.9 Å². The highest BCUT2D eigenvalue weighted by Crippen LogP contribution is 2.26. The topological polar surface area (TPSA) is 81.1 Å². The van der Waals surface area contributed by atoms with Crippen LogP contribution in [0.5, 0.6) is 0 Å². The second-order valence-corrected chi connectivity index (χ2v) is 7.99. The molecule has 0 aliphatic heterocycles. The van der Waals surface area contributed by atoms with Gasteiger partial charge in [0.25, 0.3) is 15.9 Å². The molecule has 0 unspecified atom stereocenters. The predicted octanol–water partition coefficient (Wildman–Crippen LogP) is 3.25. The zero-order valence-electron chi connectivity index (χ0n) is 13.8. The molecule has 10 heteroatoms. The lowest BCUT2D eigenvalue weighted by atomic mass is 10.2. The third-order valence-electron chi connectivity index (χ3n) is 3.76. The maximum atomic E-state index is 14.0. The fraction of sp³-hybridized carbons (Fsp3) is 0.0588. The van der Waals surface area contributed by atoms with E-state index in [1.165, 1.54) is 31.3 Å². The van der Waals surface area contributed by atoms with E-state index in [1.54, 1.807) is 6.07 Å². The number of hydrogen-bond acceptors (Lipinski definition) is 4. The largest absolute Gasteiger partial charge is 0.323 e. The van der Waals surface area contributed by atoms with Crippen molar-refractivity contribution >= 4 is 31.9 Å². The van der Waals surface area contributed by atoms with Crippen LogP contribution in [0, 0.1) is 11.6 Å². The lowest BCUT2D eigenvalue weighted by Gasteiger charge is -2.10. The van der Waals surface area contributed by atoms with E-state index in [-0.39, 0.29) is 20.9 Å². The second kappa shape index (κ2) is 7.20. The van der Waals surface area contributed by atoms with Crippen molar-refractivity contribution in [1.29, 1.82) is 0 Å². The predicted molar refractivity (Wildman–Crippen MR) is 97.4 cm³/mol. The van der Waals surface area contributed by atoms with Gasteiger partial charge in [0.15, 0.2) is 0 Å². The highest BCUT2D eigenvalue weighted by atomic mass is 79.9. The van der Waals surface area contributed by atoms with Gasteiger partial charge in [-0.3, -0.25) is 4.79 Å². The zero-order chi connectivity index (χ0) is 19.8. The van der Waals surface area contributed by atoms with Gasteiger partial charge in [0, 0.05) is 11.5 Å². The fourth-order valence-electron chi connectivity index (χ4n) is 2.46. The van der Waals surface area contributed by atoms with Crippen molar-refractivity contribution in [2.24, 2.45) is 7.05 Å². The number of benzene rings is 2. The van der Waals surface area contributed by atoms with Gasteiger partial charge in [-0.15, -0.1) is 0 Å². The van der Waals surface area contributed by atoms with Crippen molar-refractivity contribution in [3.05, 3.63) is 70.5 Å². The van der Waals surface area contributed by atoms with Gasteiger partial charge in [-0.2, -0.15) is 0 Å². The van der Waals surface area contributed by atoms with Gasteiger partial charge in [0.2, 0.25) is 0 Å². The van der Waals surface area contributed by atoms with Crippen LogP contribution in [0.25, 0.3) is 11.4 Å². The Labute approximate surface area is 162 Å².